The maximum Gasteiger partial charge on any atom is 0.191 e. The van der Waals surface area contributed by atoms with Gasteiger partial charge in [-0.1, -0.05) is 0 Å². The molecule has 0 saturated heterocycles. The molecule has 3 rings (SSSR count). The van der Waals surface area contributed by atoms with Gasteiger partial charge in [0, 0.05) is 6.04 Å². The first kappa shape index (κ1) is 6.75. The highest BCUT2D eigenvalue weighted by Crippen LogP contribution is 2.41. The van der Waals surface area contributed by atoms with Crippen LogP contribution in [0.15, 0.2) is 4.99 Å². The van der Waals surface area contributed by atoms with Gasteiger partial charge in [0.05, 0.1) is 12.6 Å². The molecule has 1 unspecified atom stereocenters. The predicted octanol–water partition coefficient (Wildman–Crippen LogP) is 0.558. The van der Waals surface area contributed by atoms with Crippen molar-refractivity contribution < 1.29 is 0 Å². The van der Waals surface area contributed by atoms with Gasteiger partial charge < -0.3 is 10.6 Å². The highest BCUT2D eigenvalue weighted by molar-refractivity contribution is 5.81. The lowest BCUT2D eigenvalue weighted by atomic mass is 10.2. The van der Waals surface area contributed by atoms with Gasteiger partial charge in [0.15, 0.2) is 5.96 Å². The minimum absolute atomic E-state index is 0.678. The molecule has 0 spiro atoms. The second-order valence-electron chi connectivity index (χ2n) is 4.24. The number of hydrogen-bond donors (Lipinski definition) is 1. The van der Waals surface area contributed by atoms with Crippen LogP contribution < -0.4 is 5.73 Å². The zero-order valence-electron chi connectivity index (χ0n) is 7.24. The largest absolute Gasteiger partial charge is 0.370 e. The third-order valence-corrected chi connectivity index (χ3v) is 3.17. The van der Waals surface area contributed by atoms with E-state index in [2.05, 4.69) is 9.89 Å². The third kappa shape index (κ3) is 0.919. The molecule has 3 aliphatic rings. The maximum absolute atomic E-state index is 5.85. The summed E-state index contributed by atoms with van der Waals surface area (Å²) in [5.41, 5.74) is 5.85. The average molecular weight is 165 g/mol. The second kappa shape index (κ2) is 2.15. The minimum Gasteiger partial charge on any atom is -0.370 e. The Bertz CT molecular complexity index is 228. The molecule has 1 aliphatic heterocycles. The molecule has 3 nitrogen and oxygen atoms in total. The van der Waals surface area contributed by atoms with Crippen molar-refractivity contribution in [1.82, 2.24) is 4.90 Å². The fraction of sp³-hybridized carbons (Fsp3) is 0.889. The summed E-state index contributed by atoms with van der Waals surface area (Å²) in [6.07, 6.45) is 5.46. The standard InChI is InChI=1S/C9H15N3/c10-9-11-5-8(6-1-2-6)12(9)7-3-4-7/h6-8H,1-5H2,(H2,10,11). The Balaban J connectivity index is 1.78. The molecule has 1 heterocycles. The van der Waals surface area contributed by atoms with Crippen LogP contribution in [0.5, 0.6) is 0 Å². The number of nitrogens with zero attached hydrogens (tertiary/aromatic N) is 2. The van der Waals surface area contributed by atoms with Crippen LogP contribution in [0.3, 0.4) is 0 Å². The average Bonchev–Trinajstić information content (AvgIpc) is 2.93. The Labute approximate surface area is 72.6 Å². The van der Waals surface area contributed by atoms with Crippen LogP contribution in [0.1, 0.15) is 25.7 Å². The van der Waals surface area contributed by atoms with Crippen LogP contribution in [0.2, 0.25) is 0 Å². The summed E-state index contributed by atoms with van der Waals surface area (Å²) in [4.78, 5) is 6.73. The third-order valence-electron chi connectivity index (χ3n) is 3.17. The second-order valence-corrected chi connectivity index (χ2v) is 4.24. The van der Waals surface area contributed by atoms with E-state index in [9.17, 15) is 0 Å². The van der Waals surface area contributed by atoms with Gasteiger partial charge in [-0.05, 0) is 31.6 Å². The Morgan fingerprint density at radius 2 is 2.00 bits per heavy atom. The first-order valence-corrected chi connectivity index (χ1v) is 4.94. The summed E-state index contributed by atoms with van der Waals surface area (Å²) in [5.74, 6) is 1.73. The van der Waals surface area contributed by atoms with Gasteiger partial charge in [-0.2, -0.15) is 0 Å². The van der Waals surface area contributed by atoms with Crippen molar-refractivity contribution in [2.75, 3.05) is 6.54 Å². The summed E-state index contributed by atoms with van der Waals surface area (Å²) in [6.45, 7) is 0.965. The summed E-state index contributed by atoms with van der Waals surface area (Å²) in [6, 6.07) is 1.43. The number of nitrogens with two attached hydrogens (primary N) is 1. The van der Waals surface area contributed by atoms with E-state index >= 15 is 0 Å². The number of guanidine groups is 1. The van der Waals surface area contributed by atoms with Crippen molar-refractivity contribution in [3.8, 4) is 0 Å². The topological polar surface area (TPSA) is 41.6 Å². The molecular formula is C9H15N3. The van der Waals surface area contributed by atoms with Crippen molar-refractivity contribution in [3.05, 3.63) is 0 Å². The number of aliphatic imine (C=N–C) groups is 1. The molecule has 2 N–H and O–H groups in total. The van der Waals surface area contributed by atoms with E-state index in [1.54, 1.807) is 0 Å². The Morgan fingerprint density at radius 1 is 1.25 bits per heavy atom. The van der Waals surface area contributed by atoms with Crippen LogP contribution in [-0.2, 0) is 0 Å². The molecule has 2 fully saturated rings. The van der Waals surface area contributed by atoms with E-state index in [-0.39, 0.29) is 0 Å². The molecular weight excluding hydrogens is 150 g/mol. The molecule has 3 heteroatoms. The fourth-order valence-corrected chi connectivity index (χ4v) is 2.19. The molecule has 2 aliphatic carbocycles. The van der Waals surface area contributed by atoms with Crippen LogP contribution in [-0.4, -0.2) is 29.5 Å². The number of hydrogen-bond acceptors (Lipinski definition) is 3. The molecule has 0 amide bonds. The van der Waals surface area contributed by atoms with Crippen molar-refractivity contribution >= 4 is 5.96 Å². The van der Waals surface area contributed by atoms with Gasteiger partial charge in [-0.25, -0.2) is 0 Å². The molecule has 0 bridgehead atoms. The molecule has 66 valence electrons. The summed E-state index contributed by atoms with van der Waals surface area (Å²) < 4.78 is 0. The van der Waals surface area contributed by atoms with Gasteiger partial charge in [0.25, 0.3) is 0 Å². The van der Waals surface area contributed by atoms with Gasteiger partial charge in [-0.15, -0.1) is 0 Å². The molecule has 2 saturated carbocycles. The quantitative estimate of drug-likeness (QED) is 0.649. The first-order chi connectivity index (χ1) is 5.86. The van der Waals surface area contributed by atoms with Crippen LogP contribution in [0.4, 0.5) is 0 Å². The van der Waals surface area contributed by atoms with Crippen LogP contribution in [0, 0.1) is 5.92 Å². The van der Waals surface area contributed by atoms with Gasteiger partial charge in [0.2, 0.25) is 0 Å². The molecule has 12 heavy (non-hydrogen) atoms. The first-order valence-electron chi connectivity index (χ1n) is 4.94. The van der Waals surface area contributed by atoms with Crippen molar-refractivity contribution in [2.45, 2.75) is 37.8 Å². The van der Waals surface area contributed by atoms with Gasteiger partial charge in [0.1, 0.15) is 0 Å². The van der Waals surface area contributed by atoms with Gasteiger partial charge in [-0.3, -0.25) is 4.99 Å². The van der Waals surface area contributed by atoms with Crippen LogP contribution >= 0.6 is 0 Å². The Hall–Kier alpha value is -0.730. The fourth-order valence-electron chi connectivity index (χ4n) is 2.19. The van der Waals surface area contributed by atoms with E-state index in [1.165, 1.54) is 25.7 Å². The summed E-state index contributed by atoms with van der Waals surface area (Å²) in [7, 11) is 0. The zero-order valence-corrected chi connectivity index (χ0v) is 7.24. The minimum atomic E-state index is 0.678. The van der Waals surface area contributed by atoms with E-state index in [1.807, 2.05) is 0 Å². The van der Waals surface area contributed by atoms with E-state index in [4.69, 9.17) is 5.73 Å². The monoisotopic (exact) mass is 165 g/mol. The number of rotatable bonds is 2. The van der Waals surface area contributed by atoms with Crippen molar-refractivity contribution in [2.24, 2.45) is 16.6 Å². The smallest absolute Gasteiger partial charge is 0.191 e. The molecule has 1 atom stereocenters. The summed E-state index contributed by atoms with van der Waals surface area (Å²) >= 11 is 0. The lowest BCUT2D eigenvalue weighted by molar-refractivity contribution is 0.301. The normalized spacial score (nSPS) is 35.5. The van der Waals surface area contributed by atoms with E-state index in [0.717, 1.165) is 24.5 Å². The Kier molecular flexibility index (Phi) is 1.21. The lowest BCUT2D eigenvalue weighted by Gasteiger charge is -2.25. The molecule has 0 aromatic rings. The predicted molar refractivity (Wildman–Crippen MR) is 47.9 cm³/mol. The maximum atomic E-state index is 5.85. The van der Waals surface area contributed by atoms with Crippen molar-refractivity contribution in [1.29, 1.82) is 0 Å². The zero-order chi connectivity index (χ0) is 8.13. The highest BCUT2D eigenvalue weighted by atomic mass is 15.4. The van der Waals surface area contributed by atoms with E-state index < -0.39 is 0 Å². The molecule has 0 aromatic heterocycles. The van der Waals surface area contributed by atoms with E-state index in [0.29, 0.717) is 6.04 Å². The SMILES string of the molecule is NC1=NCC(C2CC2)N1C1CC1. The Morgan fingerprint density at radius 3 is 2.58 bits per heavy atom. The highest BCUT2D eigenvalue weighted by Gasteiger charge is 2.44. The lowest BCUT2D eigenvalue weighted by Crippen LogP contribution is -2.43. The van der Waals surface area contributed by atoms with Gasteiger partial charge >= 0.3 is 0 Å². The van der Waals surface area contributed by atoms with Crippen molar-refractivity contribution in [3.63, 3.8) is 0 Å². The molecule has 0 radical (unpaired) electrons. The summed E-state index contributed by atoms with van der Waals surface area (Å²) in [5, 5.41) is 0. The molecule has 0 aromatic carbocycles. The van der Waals surface area contributed by atoms with Crippen LogP contribution in [0.25, 0.3) is 0 Å².